The van der Waals surface area contributed by atoms with Crippen LogP contribution >= 0.6 is 11.3 Å². The van der Waals surface area contributed by atoms with Gasteiger partial charge >= 0.3 is 0 Å². The molecule has 5 aromatic rings. The van der Waals surface area contributed by atoms with Gasteiger partial charge in [-0.25, -0.2) is 13.8 Å². The summed E-state index contributed by atoms with van der Waals surface area (Å²) in [5, 5.41) is 4.80. The van der Waals surface area contributed by atoms with Gasteiger partial charge in [-0.05, 0) is 44.4 Å². The van der Waals surface area contributed by atoms with Gasteiger partial charge in [0.1, 0.15) is 18.0 Å². The molecular formula is C29H26F2N6O3S. The standard InChI is InChI=1S/C29H26F2N6O3S/c1-36(2)11-12-37-16-23(33-17-37)26-14-22-29(41-26)25(9-10-32-22)40-24-8-7-18(13-20(24)31)34-27(38)15-28(39)35-21-6-4-3-5-19(21)30/h3-10,13-14,16-17H,11-12,15H2,1-2H3,(H,34,38)(H,35,39). The summed E-state index contributed by atoms with van der Waals surface area (Å²) in [6.45, 7) is 1.70. The van der Waals surface area contributed by atoms with Gasteiger partial charge in [0, 0.05) is 43.3 Å². The molecule has 0 unspecified atom stereocenters. The molecule has 0 saturated heterocycles. The zero-order chi connectivity index (χ0) is 28.9. The number of hydrogen-bond acceptors (Lipinski definition) is 7. The van der Waals surface area contributed by atoms with Crippen LogP contribution in [0.4, 0.5) is 20.2 Å². The molecule has 0 bridgehead atoms. The molecule has 0 aliphatic carbocycles. The number of anilines is 2. The third-order valence-electron chi connectivity index (χ3n) is 5.97. The van der Waals surface area contributed by atoms with E-state index in [2.05, 4.69) is 25.5 Å². The van der Waals surface area contributed by atoms with E-state index in [1.807, 2.05) is 30.9 Å². The number of thiophene rings is 1. The highest BCUT2D eigenvalue weighted by Gasteiger charge is 2.16. The summed E-state index contributed by atoms with van der Waals surface area (Å²) in [5.41, 5.74) is 1.62. The van der Waals surface area contributed by atoms with Crippen molar-refractivity contribution in [2.24, 2.45) is 0 Å². The molecule has 2 aromatic carbocycles. The van der Waals surface area contributed by atoms with Crippen molar-refractivity contribution in [3.8, 4) is 22.1 Å². The number of benzene rings is 2. The van der Waals surface area contributed by atoms with Crippen molar-refractivity contribution in [1.29, 1.82) is 0 Å². The molecule has 2 amide bonds. The van der Waals surface area contributed by atoms with E-state index in [0.29, 0.717) is 11.3 Å². The minimum atomic E-state index is -0.708. The Bertz CT molecular complexity index is 1720. The van der Waals surface area contributed by atoms with Crippen LogP contribution in [0, 0.1) is 11.6 Å². The number of hydrogen-bond donors (Lipinski definition) is 2. The van der Waals surface area contributed by atoms with Crippen LogP contribution < -0.4 is 15.4 Å². The van der Waals surface area contributed by atoms with Gasteiger partial charge in [-0.15, -0.1) is 11.3 Å². The fraction of sp³-hybridized carbons (Fsp3) is 0.172. The topological polar surface area (TPSA) is 101 Å². The maximum absolute atomic E-state index is 15.0. The van der Waals surface area contributed by atoms with Gasteiger partial charge in [-0.3, -0.25) is 14.6 Å². The molecule has 0 aliphatic rings. The Morgan fingerprint density at radius 1 is 0.976 bits per heavy atom. The number of fused-ring (bicyclic) bond motifs is 1. The first kappa shape index (κ1) is 27.9. The number of amides is 2. The average molecular weight is 577 g/mol. The number of rotatable bonds is 10. The molecule has 210 valence electrons. The van der Waals surface area contributed by atoms with Crippen molar-refractivity contribution in [2.45, 2.75) is 13.0 Å². The SMILES string of the molecule is CN(C)CCn1cnc(-c2cc3nccc(Oc4ccc(NC(=O)CC(=O)Nc5ccccc5F)cc4F)c3s2)c1. The van der Waals surface area contributed by atoms with Gasteiger partial charge in [0.15, 0.2) is 11.6 Å². The summed E-state index contributed by atoms with van der Waals surface area (Å²) in [7, 11) is 4.03. The molecule has 0 spiro atoms. The second-order valence-corrected chi connectivity index (χ2v) is 10.5. The number of para-hydroxylation sites is 1. The summed E-state index contributed by atoms with van der Waals surface area (Å²) in [5.74, 6) is -2.33. The van der Waals surface area contributed by atoms with Gasteiger partial charge in [-0.1, -0.05) is 12.1 Å². The molecule has 0 atom stereocenters. The first-order valence-corrected chi connectivity index (χ1v) is 13.4. The summed E-state index contributed by atoms with van der Waals surface area (Å²) in [6, 6.07) is 13.1. The van der Waals surface area contributed by atoms with E-state index in [0.717, 1.165) is 34.4 Å². The van der Waals surface area contributed by atoms with E-state index >= 15 is 0 Å². The number of likely N-dealkylation sites (N-methyl/N-ethyl adjacent to an activating group) is 1. The van der Waals surface area contributed by atoms with Crippen molar-refractivity contribution in [2.75, 3.05) is 31.3 Å². The molecule has 0 radical (unpaired) electrons. The average Bonchev–Trinajstić information content (AvgIpc) is 3.58. The quantitative estimate of drug-likeness (QED) is 0.205. The molecule has 0 aliphatic heterocycles. The fourth-order valence-corrected chi connectivity index (χ4v) is 4.96. The summed E-state index contributed by atoms with van der Waals surface area (Å²) >= 11 is 1.44. The van der Waals surface area contributed by atoms with Crippen molar-refractivity contribution < 1.29 is 23.1 Å². The van der Waals surface area contributed by atoms with Gasteiger partial charge in [-0.2, -0.15) is 0 Å². The Kier molecular flexibility index (Phi) is 8.31. The lowest BCUT2D eigenvalue weighted by Gasteiger charge is -2.10. The van der Waals surface area contributed by atoms with Crippen LogP contribution in [0.2, 0.25) is 0 Å². The fourth-order valence-electron chi connectivity index (χ4n) is 3.93. The Hall–Kier alpha value is -4.68. The third kappa shape index (κ3) is 6.91. The summed E-state index contributed by atoms with van der Waals surface area (Å²) in [6.07, 6.45) is 4.78. The molecule has 12 heteroatoms. The van der Waals surface area contributed by atoms with Crippen LogP contribution in [0.5, 0.6) is 11.5 Å². The predicted octanol–water partition coefficient (Wildman–Crippen LogP) is 5.76. The number of ether oxygens (including phenoxy) is 1. The molecular weight excluding hydrogens is 550 g/mol. The highest BCUT2D eigenvalue weighted by molar-refractivity contribution is 7.22. The first-order valence-electron chi connectivity index (χ1n) is 12.6. The summed E-state index contributed by atoms with van der Waals surface area (Å²) < 4.78 is 37.3. The highest BCUT2D eigenvalue weighted by atomic mass is 32.1. The Morgan fingerprint density at radius 3 is 2.56 bits per heavy atom. The second kappa shape index (κ2) is 12.2. The van der Waals surface area contributed by atoms with Crippen LogP contribution in [0.3, 0.4) is 0 Å². The number of carbonyl (C=O) groups is 2. The summed E-state index contributed by atoms with van der Waals surface area (Å²) in [4.78, 5) is 36.3. The van der Waals surface area contributed by atoms with Crippen molar-refractivity contribution in [3.05, 3.63) is 85.0 Å². The Balaban J connectivity index is 1.24. The van der Waals surface area contributed by atoms with E-state index in [1.54, 1.807) is 24.7 Å². The second-order valence-electron chi connectivity index (χ2n) is 9.43. The number of imidazole rings is 1. The number of halogens is 2. The lowest BCUT2D eigenvalue weighted by atomic mass is 10.2. The van der Waals surface area contributed by atoms with Crippen LogP contribution in [0.15, 0.2) is 73.3 Å². The Labute approximate surface area is 238 Å². The van der Waals surface area contributed by atoms with Gasteiger partial charge in [0.2, 0.25) is 11.8 Å². The first-order chi connectivity index (χ1) is 19.7. The molecule has 0 fully saturated rings. The minimum absolute atomic E-state index is 0.0319. The van der Waals surface area contributed by atoms with Crippen LogP contribution in [0.25, 0.3) is 20.8 Å². The van der Waals surface area contributed by atoms with Gasteiger partial charge in [0.05, 0.1) is 32.8 Å². The molecule has 3 heterocycles. The molecule has 0 saturated carbocycles. The van der Waals surface area contributed by atoms with Crippen molar-refractivity contribution >= 4 is 44.7 Å². The number of nitrogens with zero attached hydrogens (tertiary/aromatic N) is 4. The minimum Gasteiger partial charge on any atom is -0.453 e. The molecule has 9 nitrogen and oxygen atoms in total. The number of aromatic nitrogens is 3. The lowest BCUT2D eigenvalue weighted by Crippen LogP contribution is -2.21. The largest absolute Gasteiger partial charge is 0.453 e. The van der Waals surface area contributed by atoms with E-state index in [9.17, 15) is 18.4 Å². The number of pyridine rings is 1. The van der Waals surface area contributed by atoms with Crippen molar-refractivity contribution in [3.63, 3.8) is 0 Å². The number of nitrogens with one attached hydrogen (secondary N) is 2. The van der Waals surface area contributed by atoms with E-state index in [4.69, 9.17) is 4.74 Å². The highest BCUT2D eigenvalue weighted by Crippen LogP contribution is 2.39. The molecule has 2 N–H and O–H groups in total. The Morgan fingerprint density at radius 2 is 1.78 bits per heavy atom. The van der Waals surface area contributed by atoms with E-state index in [1.165, 1.54) is 41.7 Å². The number of carbonyl (C=O) groups excluding carboxylic acids is 2. The maximum Gasteiger partial charge on any atom is 0.233 e. The smallest absolute Gasteiger partial charge is 0.233 e. The maximum atomic E-state index is 15.0. The van der Waals surface area contributed by atoms with Crippen LogP contribution in [-0.2, 0) is 16.1 Å². The predicted molar refractivity (Wildman–Crippen MR) is 154 cm³/mol. The molecule has 5 rings (SSSR count). The third-order valence-corrected chi connectivity index (χ3v) is 7.13. The molecule has 41 heavy (non-hydrogen) atoms. The van der Waals surface area contributed by atoms with Crippen LogP contribution in [0.1, 0.15) is 6.42 Å². The van der Waals surface area contributed by atoms with Gasteiger partial charge in [0.25, 0.3) is 0 Å². The van der Waals surface area contributed by atoms with E-state index < -0.39 is 29.9 Å². The molecule has 3 aromatic heterocycles. The normalized spacial score (nSPS) is 11.1. The zero-order valence-electron chi connectivity index (χ0n) is 22.2. The van der Waals surface area contributed by atoms with Crippen LogP contribution in [-0.4, -0.2) is 51.9 Å². The lowest BCUT2D eigenvalue weighted by molar-refractivity contribution is -0.123. The van der Waals surface area contributed by atoms with Crippen molar-refractivity contribution in [1.82, 2.24) is 19.4 Å². The monoisotopic (exact) mass is 576 g/mol. The van der Waals surface area contributed by atoms with Gasteiger partial charge < -0.3 is 24.8 Å². The zero-order valence-corrected chi connectivity index (χ0v) is 23.0. The van der Waals surface area contributed by atoms with E-state index in [-0.39, 0.29) is 17.1 Å².